The number of rotatable bonds is 2. The first kappa shape index (κ1) is 18.5. The van der Waals surface area contributed by atoms with Gasteiger partial charge in [0.05, 0.1) is 11.9 Å². The van der Waals surface area contributed by atoms with E-state index in [2.05, 4.69) is 37.1 Å². The SMILES string of the molecule is CC(/N=C1\CCCCCCCCCCN1C)c1cccc2c1CCC2. The largest absolute Gasteiger partial charge is 0.363 e. The lowest BCUT2D eigenvalue weighted by molar-refractivity contribution is 0.442. The Labute approximate surface area is 154 Å². The Balaban J connectivity index is 1.74. The Bertz CT molecular complexity index is 575. The van der Waals surface area contributed by atoms with Gasteiger partial charge in [-0.2, -0.15) is 0 Å². The Morgan fingerprint density at radius 3 is 2.36 bits per heavy atom. The van der Waals surface area contributed by atoms with Gasteiger partial charge < -0.3 is 4.90 Å². The molecule has 1 saturated heterocycles. The van der Waals surface area contributed by atoms with Crippen LogP contribution in [0.25, 0.3) is 0 Å². The van der Waals surface area contributed by atoms with E-state index in [1.54, 1.807) is 11.1 Å². The molecule has 0 N–H and O–H groups in total. The summed E-state index contributed by atoms with van der Waals surface area (Å²) in [4.78, 5) is 7.68. The molecule has 2 heteroatoms. The maximum atomic E-state index is 5.24. The number of aryl methyl sites for hydroxylation is 1. The van der Waals surface area contributed by atoms with Gasteiger partial charge in [0.15, 0.2) is 0 Å². The van der Waals surface area contributed by atoms with Gasteiger partial charge in [0, 0.05) is 20.0 Å². The number of hydrogen-bond donors (Lipinski definition) is 0. The number of aliphatic imine (C=N–C) groups is 1. The molecule has 1 aromatic rings. The van der Waals surface area contributed by atoms with Crippen molar-refractivity contribution in [1.82, 2.24) is 4.90 Å². The molecule has 3 rings (SSSR count). The van der Waals surface area contributed by atoms with Crippen molar-refractivity contribution in [3.63, 3.8) is 0 Å². The van der Waals surface area contributed by atoms with Crippen LogP contribution in [-0.4, -0.2) is 24.3 Å². The molecule has 1 aromatic carbocycles. The van der Waals surface area contributed by atoms with Gasteiger partial charge in [-0.3, -0.25) is 4.99 Å². The summed E-state index contributed by atoms with van der Waals surface area (Å²) >= 11 is 0. The van der Waals surface area contributed by atoms with E-state index in [0.29, 0.717) is 6.04 Å². The van der Waals surface area contributed by atoms with E-state index >= 15 is 0 Å². The van der Waals surface area contributed by atoms with Crippen molar-refractivity contribution in [2.45, 2.75) is 90.0 Å². The van der Waals surface area contributed by atoms with Crippen molar-refractivity contribution in [2.24, 2.45) is 4.99 Å². The second-order valence-corrected chi connectivity index (χ2v) is 8.06. The quantitative estimate of drug-likeness (QED) is 0.636. The van der Waals surface area contributed by atoms with E-state index in [1.807, 2.05) is 0 Å². The minimum atomic E-state index is 0.290. The lowest BCUT2D eigenvalue weighted by atomic mass is 9.98. The Hall–Kier alpha value is -1.31. The molecule has 1 atom stereocenters. The van der Waals surface area contributed by atoms with Crippen molar-refractivity contribution in [2.75, 3.05) is 13.6 Å². The van der Waals surface area contributed by atoms with Crippen molar-refractivity contribution < 1.29 is 0 Å². The third-order valence-corrected chi connectivity index (χ3v) is 6.06. The fourth-order valence-electron chi connectivity index (χ4n) is 4.51. The van der Waals surface area contributed by atoms with Crippen LogP contribution in [0.5, 0.6) is 0 Å². The standard InChI is InChI=1S/C23H36N2/c1-19(21-15-11-13-20-14-12-16-22(20)21)24-23-17-9-7-5-3-4-6-8-10-18-25(23)2/h11,13,15,19H,3-10,12,14,16-18H2,1-2H3/b24-23+. The lowest BCUT2D eigenvalue weighted by Gasteiger charge is -2.24. The van der Waals surface area contributed by atoms with E-state index < -0.39 is 0 Å². The second-order valence-electron chi connectivity index (χ2n) is 8.06. The molecule has 25 heavy (non-hydrogen) atoms. The molecule has 1 unspecified atom stereocenters. The maximum absolute atomic E-state index is 5.24. The first-order valence-electron chi connectivity index (χ1n) is 10.6. The zero-order valence-electron chi connectivity index (χ0n) is 16.4. The highest BCUT2D eigenvalue weighted by molar-refractivity contribution is 5.82. The van der Waals surface area contributed by atoms with Gasteiger partial charge in [-0.05, 0) is 55.7 Å². The number of benzene rings is 1. The average molecular weight is 341 g/mol. The summed E-state index contributed by atoms with van der Waals surface area (Å²) in [5.74, 6) is 1.34. The fraction of sp³-hybridized carbons (Fsp3) is 0.696. The highest BCUT2D eigenvalue weighted by atomic mass is 15.2. The van der Waals surface area contributed by atoms with Crippen LogP contribution in [0.4, 0.5) is 0 Å². The van der Waals surface area contributed by atoms with Crippen LogP contribution in [-0.2, 0) is 12.8 Å². The Kier molecular flexibility index (Phi) is 6.95. The van der Waals surface area contributed by atoms with E-state index in [-0.39, 0.29) is 0 Å². The summed E-state index contributed by atoms with van der Waals surface area (Å²) < 4.78 is 0. The molecule has 0 bridgehead atoms. The smallest absolute Gasteiger partial charge is 0.0993 e. The summed E-state index contributed by atoms with van der Waals surface area (Å²) in [5, 5.41) is 0. The molecule has 1 heterocycles. The van der Waals surface area contributed by atoms with Gasteiger partial charge in [0.25, 0.3) is 0 Å². The van der Waals surface area contributed by atoms with Crippen molar-refractivity contribution in [3.05, 3.63) is 34.9 Å². The Morgan fingerprint density at radius 1 is 0.840 bits per heavy atom. The molecular formula is C23H36N2. The zero-order valence-corrected chi connectivity index (χ0v) is 16.4. The van der Waals surface area contributed by atoms with E-state index in [4.69, 9.17) is 4.99 Å². The first-order valence-corrected chi connectivity index (χ1v) is 10.6. The van der Waals surface area contributed by atoms with Gasteiger partial charge >= 0.3 is 0 Å². The third kappa shape index (κ3) is 5.09. The number of nitrogens with zero attached hydrogens (tertiary/aromatic N) is 2. The van der Waals surface area contributed by atoms with E-state index in [0.717, 1.165) is 6.42 Å². The lowest BCUT2D eigenvalue weighted by Crippen LogP contribution is -2.28. The first-order chi connectivity index (χ1) is 12.3. The molecule has 0 aromatic heterocycles. The summed E-state index contributed by atoms with van der Waals surface area (Å²) in [7, 11) is 2.26. The van der Waals surface area contributed by atoms with Crippen LogP contribution in [0.15, 0.2) is 23.2 Å². The molecule has 0 saturated carbocycles. The highest BCUT2D eigenvalue weighted by Crippen LogP contribution is 2.31. The van der Waals surface area contributed by atoms with Gasteiger partial charge in [-0.25, -0.2) is 0 Å². The Morgan fingerprint density at radius 2 is 1.56 bits per heavy atom. The number of hydrogen-bond acceptors (Lipinski definition) is 1. The van der Waals surface area contributed by atoms with Gasteiger partial charge in [-0.1, -0.05) is 56.7 Å². The summed E-state index contributed by atoms with van der Waals surface area (Å²) in [6, 6.07) is 7.15. The predicted octanol–water partition coefficient (Wildman–Crippen LogP) is 6.09. The minimum absolute atomic E-state index is 0.290. The van der Waals surface area contributed by atoms with Gasteiger partial charge in [-0.15, -0.1) is 0 Å². The van der Waals surface area contributed by atoms with Crippen molar-refractivity contribution in [1.29, 1.82) is 0 Å². The highest BCUT2D eigenvalue weighted by Gasteiger charge is 2.18. The van der Waals surface area contributed by atoms with Crippen molar-refractivity contribution in [3.8, 4) is 0 Å². The summed E-state index contributed by atoms with van der Waals surface area (Å²) in [6.45, 7) is 3.46. The third-order valence-electron chi connectivity index (χ3n) is 6.06. The fourth-order valence-corrected chi connectivity index (χ4v) is 4.51. The predicted molar refractivity (Wildman–Crippen MR) is 109 cm³/mol. The topological polar surface area (TPSA) is 15.6 Å². The van der Waals surface area contributed by atoms with Crippen LogP contribution in [0.3, 0.4) is 0 Å². The number of fused-ring (bicyclic) bond motifs is 1. The molecule has 2 nitrogen and oxygen atoms in total. The normalized spacial score (nSPS) is 23.0. The van der Waals surface area contributed by atoms with E-state index in [1.165, 1.54) is 88.6 Å². The van der Waals surface area contributed by atoms with Crippen LogP contribution < -0.4 is 0 Å². The molecule has 138 valence electrons. The monoisotopic (exact) mass is 340 g/mol. The van der Waals surface area contributed by atoms with Crippen molar-refractivity contribution >= 4 is 5.84 Å². The van der Waals surface area contributed by atoms with Gasteiger partial charge in [0.2, 0.25) is 0 Å². The van der Waals surface area contributed by atoms with Crippen LogP contribution in [0, 0.1) is 0 Å². The molecule has 1 aliphatic carbocycles. The molecule has 1 aliphatic heterocycles. The molecule has 2 aliphatic rings. The maximum Gasteiger partial charge on any atom is 0.0993 e. The van der Waals surface area contributed by atoms with E-state index in [9.17, 15) is 0 Å². The van der Waals surface area contributed by atoms with Crippen LogP contribution in [0.1, 0.15) is 93.9 Å². The molecular weight excluding hydrogens is 304 g/mol. The van der Waals surface area contributed by atoms with Crippen LogP contribution >= 0.6 is 0 Å². The number of amidine groups is 1. The average Bonchev–Trinajstić information content (AvgIpc) is 3.09. The second kappa shape index (κ2) is 9.40. The molecule has 0 spiro atoms. The van der Waals surface area contributed by atoms with Crippen LogP contribution in [0.2, 0.25) is 0 Å². The molecule has 1 fully saturated rings. The van der Waals surface area contributed by atoms with Gasteiger partial charge in [0.1, 0.15) is 0 Å². The molecule has 0 amide bonds. The zero-order chi connectivity index (χ0) is 17.5. The summed E-state index contributed by atoms with van der Waals surface area (Å²) in [5.41, 5.74) is 4.63. The summed E-state index contributed by atoms with van der Waals surface area (Å²) in [6.07, 6.45) is 16.0. The minimum Gasteiger partial charge on any atom is -0.363 e. The molecule has 0 radical (unpaired) electrons.